The molecular weight excluding hydrogens is 400 g/mol. The highest BCUT2D eigenvalue weighted by Gasteiger charge is 2.46. The van der Waals surface area contributed by atoms with Crippen LogP contribution >= 0.6 is 11.3 Å². The lowest BCUT2D eigenvalue weighted by molar-refractivity contribution is -0.140. The summed E-state index contributed by atoms with van der Waals surface area (Å²) in [7, 11) is 0. The van der Waals surface area contributed by atoms with Gasteiger partial charge in [-0.1, -0.05) is 18.2 Å². The van der Waals surface area contributed by atoms with Crippen LogP contribution in [-0.2, 0) is 16.1 Å². The van der Waals surface area contributed by atoms with E-state index in [2.05, 4.69) is 4.98 Å². The second-order valence-corrected chi connectivity index (χ2v) is 7.74. The molecule has 1 saturated heterocycles. The Hall–Kier alpha value is -3.45. The third-order valence-electron chi connectivity index (χ3n) is 4.87. The van der Waals surface area contributed by atoms with Gasteiger partial charge < -0.3 is 14.7 Å². The first-order valence-electron chi connectivity index (χ1n) is 9.54. The summed E-state index contributed by atoms with van der Waals surface area (Å²) in [5.41, 5.74) is 1.38. The zero-order valence-corrected chi connectivity index (χ0v) is 17.1. The number of amides is 1. The highest BCUT2D eigenvalue weighted by Crippen LogP contribution is 2.42. The van der Waals surface area contributed by atoms with Crippen LogP contribution in [0.3, 0.4) is 0 Å². The SMILES string of the molecule is CCOc1cccc(C(O)=C2C(=O)C(=O)N(Cc3ccncc3)[C@H]2c2cccs2)c1. The second kappa shape index (κ2) is 8.51. The van der Waals surface area contributed by atoms with Crippen molar-refractivity contribution >= 4 is 28.8 Å². The van der Waals surface area contributed by atoms with Crippen LogP contribution in [0.4, 0.5) is 0 Å². The summed E-state index contributed by atoms with van der Waals surface area (Å²) in [6.45, 7) is 2.59. The molecule has 1 aliphatic heterocycles. The van der Waals surface area contributed by atoms with Crippen molar-refractivity contribution in [2.24, 2.45) is 0 Å². The number of carbonyl (C=O) groups excluding carboxylic acids is 2. The van der Waals surface area contributed by atoms with Gasteiger partial charge >= 0.3 is 0 Å². The molecule has 1 N–H and O–H groups in total. The van der Waals surface area contributed by atoms with Crippen molar-refractivity contribution in [1.82, 2.24) is 9.88 Å². The number of ether oxygens (including phenoxy) is 1. The maximum atomic E-state index is 13.0. The van der Waals surface area contributed by atoms with Crippen molar-refractivity contribution in [1.29, 1.82) is 0 Å². The molecule has 0 unspecified atom stereocenters. The van der Waals surface area contributed by atoms with Crippen LogP contribution in [0.25, 0.3) is 5.76 Å². The van der Waals surface area contributed by atoms with Crippen molar-refractivity contribution in [2.75, 3.05) is 6.61 Å². The first-order valence-corrected chi connectivity index (χ1v) is 10.4. The molecule has 4 rings (SSSR count). The highest BCUT2D eigenvalue weighted by molar-refractivity contribution is 7.10. The Morgan fingerprint density at radius 3 is 2.67 bits per heavy atom. The lowest BCUT2D eigenvalue weighted by Gasteiger charge is -2.24. The predicted molar refractivity (Wildman–Crippen MR) is 114 cm³/mol. The number of nitrogens with zero attached hydrogens (tertiary/aromatic N) is 2. The van der Waals surface area contributed by atoms with E-state index in [1.165, 1.54) is 16.2 Å². The number of Topliss-reactive ketones (excluding diaryl/α,β-unsaturated/α-hetero) is 1. The van der Waals surface area contributed by atoms with Gasteiger partial charge in [-0.15, -0.1) is 11.3 Å². The van der Waals surface area contributed by atoms with Gasteiger partial charge in [-0.05, 0) is 48.2 Å². The molecule has 0 spiro atoms. The molecule has 1 amide bonds. The number of likely N-dealkylation sites (tertiary alicyclic amines) is 1. The average molecular weight is 420 g/mol. The monoisotopic (exact) mass is 420 g/mol. The number of benzene rings is 1. The van der Waals surface area contributed by atoms with E-state index in [1.54, 1.807) is 48.8 Å². The second-order valence-electron chi connectivity index (χ2n) is 6.76. The molecular formula is C23H20N2O4S. The van der Waals surface area contributed by atoms with E-state index in [1.807, 2.05) is 24.4 Å². The quantitative estimate of drug-likeness (QED) is 0.368. The number of rotatable bonds is 6. The Labute approximate surface area is 178 Å². The summed E-state index contributed by atoms with van der Waals surface area (Å²) in [6.07, 6.45) is 3.29. The minimum atomic E-state index is -0.693. The molecule has 30 heavy (non-hydrogen) atoms. The number of thiophene rings is 1. The Balaban J connectivity index is 1.81. The van der Waals surface area contributed by atoms with Gasteiger partial charge in [0.05, 0.1) is 18.2 Å². The molecule has 0 saturated carbocycles. The van der Waals surface area contributed by atoms with Gasteiger partial charge in [0, 0.05) is 29.4 Å². The molecule has 152 valence electrons. The number of aliphatic hydroxyl groups excluding tert-OH is 1. The van der Waals surface area contributed by atoms with Crippen LogP contribution in [0.2, 0.25) is 0 Å². The smallest absolute Gasteiger partial charge is 0.295 e. The van der Waals surface area contributed by atoms with Gasteiger partial charge in [0.25, 0.3) is 11.7 Å². The number of pyridine rings is 1. The standard InChI is InChI=1S/C23H20N2O4S/c1-2-29-17-6-3-5-16(13-17)21(26)19-20(18-7-4-12-30-18)25(23(28)22(19)27)14-15-8-10-24-11-9-15/h3-13,20,26H,2,14H2,1H3/t20-/m0/s1. The van der Waals surface area contributed by atoms with E-state index in [0.29, 0.717) is 17.9 Å². The molecule has 0 bridgehead atoms. The summed E-state index contributed by atoms with van der Waals surface area (Å²) < 4.78 is 5.51. The van der Waals surface area contributed by atoms with Crippen LogP contribution in [0.1, 0.15) is 29.0 Å². The Morgan fingerprint density at radius 2 is 1.97 bits per heavy atom. The molecule has 3 aromatic rings. The van der Waals surface area contributed by atoms with E-state index >= 15 is 0 Å². The first-order chi connectivity index (χ1) is 14.6. The first kappa shape index (κ1) is 19.8. The molecule has 1 fully saturated rings. The summed E-state index contributed by atoms with van der Waals surface area (Å²) in [5, 5.41) is 13.0. The molecule has 3 heterocycles. The maximum absolute atomic E-state index is 13.0. The molecule has 1 aliphatic rings. The highest BCUT2D eigenvalue weighted by atomic mass is 32.1. The molecule has 2 aromatic heterocycles. The van der Waals surface area contributed by atoms with Gasteiger partial charge in [-0.2, -0.15) is 0 Å². The van der Waals surface area contributed by atoms with E-state index in [9.17, 15) is 14.7 Å². The van der Waals surface area contributed by atoms with E-state index in [0.717, 1.165) is 10.4 Å². The van der Waals surface area contributed by atoms with Crippen molar-refractivity contribution in [2.45, 2.75) is 19.5 Å². The van der Waals surface area contributed by atoms with E-state index in [4.69, 9.17) is 4.74 Å². The molecule has 6 nitrogen and oxygen atoms in total. The van der Waals surface area contributed by atoms with Gasteiger partial charge in [0.2, 0.25) is 0 Å². The lowest BCUT2D eigenvalue weighted by Crippen LogP contribution is -2.28. The number of carbonyl (C=O) groups is 2. The van der Waals surface area contributed by atoms with Gasteiger partial charge in [0.1, 0.15) is 11.5 Å². The van der Waals surface area contributed by atoms with Crippen molar-refractivity contribution < 1.29 is 19.4 Å². The fourth-order valence-corrected chi connectivity index (χ4v) is 4.37. The third kappa shape index (κ3) is 3.71. The molecule has 1 atom stereocenters. The summed E-state index contributed by atoms with van der Waals surface area (Å²) in [6, 6.07) is 13.6. The molecule has 0 aliphatic carbocycles. The van der Waals surface area contributed by atoms with Crippen LogP contribution in [0.15, 0.2) is 71.9 Å². The molecule has 1 aromatic carbocycles. The van der Waals surface area contributed by atoms with Crippen LogP contribution in [0, 0.1) is 0 Å². The minimum Gasteiger partial charge on any atom is -0.507 e. The Morgan fingerprint density at radius 1 is 1.17 bits per heavy atom. The largest absolute Gasteiger partial charge is 0.507 e. The van der Waals surface area contributed by atoms with Crippen molar-refractivity contribution in [3.63, 3.8) is 0 Å². The minimum absolute atomic E-state index is 0.0881. The molecule has 7 heteroatoms. The fraction of sp³-hybridized carbons (Fsp3) is 0.174. The molecule has 0 radical (unpaired) electrons. The van der Waals surface area contributed by atoms with Crippen LogP contribution in [0.5, 0.6) is 5.75 Å². The Bertz CT molecular complexity index is 1090. The topological polar surface area (TPSA) is 79.7 Å². The van der Waals surface area contributed by atoms with Gasteiger partial charge in [-0.25, -0.2) is 0 Å². The predicted octanol–water partition coefficient (Wildman–Crippen LogP) is 4.16. The Kier molecular flexibility index (Phi) is 5.63. The number of hydrogen-bond acceptors (Lipinski definition) is 6. The fourth-order valence-electron chi connectivity index (χ4n) is 3.53. The summed E-state index contributed by atoms with van der Waals surface area (Å²) >= 11 is 1.44. The van der Waals surface area contributed by atoms with E-state index in [-0.39, 0.29) is 17.9 Å². The van der Waals surface area contributed by atoms with Gasteiger partial charge in [0.15, 0.2) is 0 Å². The van der Waals surface area contributed by atoms with Crippen molar-refractivity contribution in [3.8, 4) is 5.75 Å². The lowest BCUT2D eigenvalue weighted by atomic mass is 9.99. The normalized spacial score (nSPS) is 18.0. The van der Waals surface area contributed by atoms with Crippen molar-refractivity contribution in [3.05, 3.63) is 87.9 Å². The number of aliphatic hydroxyl groups is 1. The average Bonchev–Trinajstić information content (AvgIpc) is 3.37. The van der Waals surface area contributed by atoms with Crippen LogP contribution in [-0.4, -0.2) is 33.3 Å². The summed E-state index contributed by atoms with van der Waals surface area (Å²) in [4.78, 5) is 32.2. The van der Waals surface area contributed by atoms with Crippen LogP contribution < -0.4 is 4.74 Å². The maximum Gasteiger partial charge on any atom is 0.295 e. The summed E-state index contributed by atoms with van der Waals surface area (Å²) in [5.74, 6) is -0.944. The number of ketones is 1. The zero-order chi connectivity index (χ0) is 21.1. The number of aromatic nitrogens is 1. The number of hydrogen-bond donors (Lipinski definition) is 1. The van der Waals surface area contributed by atoms with Gasteiger partial charge in [-0.3, -0.25) is 14.6 Å². The third-order valence-corrected chi connectivity index (χ3v) is 5.80. The zero-order valence-electron chi connectivity index (χ0n) is 16.3. The van der Waals surface area contributed by atoms with E-state index < -0.39 is 17.7 Å².